The van der Waals surface area contributed by atoms with Crippen LogP contribution in [0.4, 0.5) is 0 Å². The van der Waals surface area contributed by atoms with Crippen molar-refractivity contribution in [1.29, 1.82) is 0 Å². The largest absolute Gasteiger partial charge is 0.351 e. The summed E-state index contributed by atoms with van der Waals surface area (Å²) in [7, 11) is 0.414. The second-order valence-electron chi connectivity index (χ2n) is 6.67. The van der Waals surface area contributed by atoms with Gasteiger partial charge in [0.15, 0.2) is 0 Å². The highest BCUT2D eigenvalue weighted by atomic mass is 32.2. The molecule has 1 aromatic carbocycles. The van der Waals surface area contributed by atoms with Crippen LogP contribution in [0.1, 0.15) is 30.1 Å². The Bertz CT molecular complexity index is 648. The normalized spacial score (nSPS) is 17.2. The van der Waals surface area contributed by atoms with Crippen LogP contribution in [0.5, 0.6) is 0 Å². The predicted octanol–water partition coefficient (Wildman–Crippen LogP) is 1.40. The van der Waals surface area contributed by atoms with Gasteiger partial charge in [-0.15, -0.1) is 0 Å². The van der Waals surface area contributed by atoms with E-state index in [0.717, 1.165) is 19.4 Å². The molecule has 1 aromatic rings. The maximum Gasteiger partial charge on any atom is 0.251 e. The van der Waals surface area contributed by atoms with Crippen molar-refractivity contribution in [3.05, 3.63) is 29.8 Å². The number of hydrogen-bond donors (Lipinski definition) is 1. The van der Waals surface area contributed by atoms with E-state index in [9.17, 15) is 13.2 Å². The van der Waals surface area contributed by atoms with Gasteiger partial charge >= 0.3 is 0 Å². The van der Waals surface area contributed by atoms with E-state index in [0.29, 0.717) is 31.1 Å². The molecule has 0 spiro atoms. The first-order valence-electron chi connectivity index (χ1n) is 8.34. The van der Waals surface area contributed by atoms with Gasteiger partial charge in [0.05, 0.1) is 4.90 Å². The maximum atomic E-state index is 12.6. The molecular weight excluding hydrogens is 326 g/mol. The first kappa shape index (κ1) is 18.9. The smallest absolute Gasteiger partial charge is 0.251 e. The lowest BCUT2D eigenvalue weighted by atomic mass is 10.0. The number of nitrogens with zero attached hydrogens (tertiary/aromatic N) is 2. The molecule has 0 aliphatic carbocycles. The Hall–Kier alpha value is -1.44. The van der Waals surface area contributed by atoms with Gasteiger partial charge in [-0.3, -0.25) is 4.79 Å². The highest BCUT2D eigenvalue weighted by Gasteiger charge is 2.28. The van der Waals surface area contributed by atoms with E-state index >= 15 is 0 Å². The fraction of sp³-hybridized carbons (Fsp3) is 0.588. The predicted molar refractivity (Wildman–Crippen MR) is 94.5 cm³/mol. The van der Waals surface area contributed by atoms with Crippen molar-refractivity contribution in [2.75, 3.05) is 40.3 Å². The summed E-state index contributed by atoms with van der Waals surface area (Å²) in [5.41, 5.74) is 0.472. The van der Waals surface area contributed by atoms with Crippen LogP contribution >= 0.6 is 0 Å². The number of sulfonamides is 1. The van der Waals surface area contributed by atoms with Crippen LogP contribution in [0.2, 0.25) is 0 Å². The molecule has 24 heavy (non-hydrogen) atoms. The highest BCUT2D eigenvalue weighted by Crippen LogP contribution is 2.23. The molecular formula is C17H27N3O3S. The van der Waals surface area contributed by atoms with E-state index in [1.165, 1.54) is 12.1 Å². The Morgan fingerprint density at radius 3 is 2.33 bits per heavy atom. The van der Waals surface area contributed by atoms with Crippen molar-refractivity contribution in [2.24, 2.45) is 5.92 Å². The molecule has 0 atom stereocenters. The molecule has 6 nitrogen and oxygen atoms in total. The molecule has 1 heterocycles. The minimum Gasteiger partial charge on any atom is -0.351 e. The number of hydrogen-bond acceptors (Lipinski definition) is 4. The molecule has 1 saturated heterocycles. The van der Waals surface area contributed by atoms with Gasteiger partial charge < -0.3 is 10.2 Å². The summed E-state index contributed by atoms with van der Waals surface area (Å²) in [6, 6.07) is 6.19. The van der Waals surface area contributed by atoms with Gasteiger partial charge in [0.1, 0.15) is 0 Å². The molecule has 134 valence electrons. The van der Waals surface area contributed by atoms with Crippen LogP contribution < -0.4 is 5.32 Å². The van der Waals surface area contributed by atoms with E-state index in [-0.39, 0.29) is 10.8 Å². The van der Waals surface area contributed by atoms with Crippen molar-refractivity contribution in [3.63, 3.8) is 0 Å². The monoisotopic (exact) mass is 353 g/mol. The van der Waals surface area contributed by atoms with Gasteiger partial charge in [-0.1, -0.05) is 6.92 Å². The van der Waals surface area contributed by atoms with Crippen molar-refractivity contribution in [1.82, 2.24) is 14.5 Å². The standard InChI is InChI=1S/C17H27N3O3S/c1-14-8-11-20(12-9-14)24(22,23)16-6-4-15(5-7-16)17(21)18-10-13-19(2)3/h4-7,14H,8-13H2,1-3H3,(H,18,21). The fourth-order valence-corrected chi connectivity index (χ4v) is 4.12. The Labute approximate surface area is 144 Å². The molecule has 7 heteroatoms. The molecule has 0 radical (unpaired) electrons. The van der Waals surface area contributed by atoms with Gasteiger partial charge in [-0.05, 0) is 57.1 Å². The molecule has 2 rings (SSSR count). The first-order valence-corrected chi connectivity index (χ1v) is 9.78. The summed E-state index contributed by atoms with van der Waals surface area (Å²) in [5, 5.41) is 2.82. The first-order chi connectivity index (χ1) is 11.3. The fourth-order valence-electron chi connectivity index (χ4n) is 2.65. The summed E-state index contributed by atoms with van der Waals surface area (Å²) >= 11 is 0. The number of nitrogens with one attached hydrogen (secondary N) is 1. The number of carbonyl (C=O) groups excluding carboxylic acids is 1. The summed E-state index contributed by atoms with van der Waals surface area (Å²) in [5.74, 6) is 0.386. The second kappa shape index (κ2) is 8.09. The average molecular weight is 353 g/mol. The minimum absolute atomic E-state index is 0.187. The molecule has 1 aliphatic heterocycles. The third kappa shape index (κ3) is 4.78. The number of rotatable bonds is 6. The quantitative estimate of drug-likeness (QED) is 0.839. The zero-order valence-electron chi connectivity index (χ0n) is 14.7. The van der Waals surface area contributed by atoms with Gasteiger partial charge in [-0.2, -0.15) is 4.31 Å². The Morgan fingerprint density at radius 2 is 1.79 bits per heavy atom. The van der Waals surface area contributed by atoms with E-state index < -0.39 is 10.0 Å². The third-order valence-electron chi connectivity index (χ3n) is 4.34. The minimum atomic E-state index is -3.46. The van der Waals surface area contributed by atoms with Crippen LogP contribution in [-0.2, 0) is 10.0 Å². The topological polar surface area (TPSA) is 69.7 Å². The lowest BCUT2D eigenvalue weighted by Gasteiger charge is -2.29. The lowest BCUT2D eigenvalue weighted by Crippen LogP contribution is -2.37. The van der Waals surface area contributed by atoms with Crippen molar-refractivity contribution in [3.8, 4) is 0 Å². The van der Waals surface area contributed by atoms with E-state index in [4.69, 9.17) is 0 Å². The van der Waals surface area contributed by atoms with Gasteiger partial charge in [-0.25, -0.2) is 8.42 Å². The number of carbonyl (C=O) groups is 1. The van der Waals surface area contributed by atoms with E-state index in [1.807, 2.05) is 19.0 Å². The maximum absolute atomic E-state index is 12.6. The molecule has 0 unspecified atom stereocenters. The summed E-state index contributed by atoms with van der Waals surface area (Å²) in [4.78, 5) is 14.3. The van der Waals surface area contributed by atoms with Gasteiger partial charge in [0, 0.05) is 31.7 Å². The number of benzene rings is 1. The van der Waals surface area contributed by atoms with E-state index in [2.05, 4.69) is 12.2 Å². The van der Waals surface area contributed by atoms with Crippen LogP contribution in [0.25, 0.3) is 0 Å². The van der Waals surface area contributed by atoms with Crippen LogP contribution in [0.3, 0.4) is 0 Å². The highest BCUT2D eigenvalue weighted by molar-refractivity contribution is 7.89. The summed E-state index contributed by atoms with van der Waals surface area (Å²) in [6.07, 6.45) is 1.79. The lowest BCUT2D eigenvalue weighted by molar-refractivity contribution is 0.0951. The third-order valence-corrected chi connectivity index (χ3v) is 6.25. The molecule has 1 aliphatic rings. The molecule has 1 fully saturated rings. The number of piperidine rings is 1. The molecule has 1 amide bonds. The number of amides is 1. The van der Waals surface area contributed by atoms with Crippen LogP contribution in [-0.4, -0.2) is 63.8 Å². The summed E-state index contributed by atoms with van der Waals surface area (Å²) < 4.78 is 26.8. The van der Waals surface area contributed by atoms with Crippen molar-refractivity contribution < 1.29 is 13.2 Å². The Balaban J connectivity index is 2.01. The zero-order chi connectivity index (χ0) is 17.7. The zero-order valence-corrected chi connectivity index (χ0v) is 15.5. The van der Waals surface area contributed by atoms with Crippen LogP contribution in [0.15, 0.2) is 29.2 Å². The average Bonchev–Trinajstić information content (AvgIpc) is 2.55. The van der Waals surface area contributed by atoms with Gasteiger partial charge in [0.2, 0.25) is 10.0 Å². The summed E-state index contributed by atoms with van der Waals surface area (Å²) in [6.45, 7) is 4.59. The second-order valence-corrected chi connectivity index (χ2v) is 8.61. The molecule has 0 bridgehead atoms. The SMILES string of the molecule is CC1CCN(S(=O)(=O)c2ccc(C(=O)NCCN(C)C)cc2)CC1. The Kier molecular flexibility index (Phi) is 6.37. The van der Waals surface area contributed by atoms with Crippen molar-refractivity contribution in [2.45, 2.75) is 24.7 Å². The van der Waals surface area contributed by atoms with Crippen molar-refractivity contribution >= 4 is 15.9 Å². The molecule has 0 aromatic heterocycles. The molecule has 0 saturated carbocycles. The molecule has 1 N–H and O–H groups in total. The van der Waals surface area contributed by atoms with E-state index in [1.54, 1.807) is 16.4 Å². The van der Waals surface area contributed by atoms with Gasteiger partial charge in [0.25, 0.3) is 5.91 Å². The van der Waals surface area contributed by atoms with Crippen LogP contribution in [0, 0.1) is 5.92 Å². The number of likely N-dealkylation sites (N-methyl/N-ethyl adjacent to an activating group) is 1. The Morgan fingerprint density at radius 1 is 1.21 bits per heavy atom.